The monoisotopic (exact) mass is 233 g/mol. The number of hydrogen-bond acceptors (Lipinski definition) is 2. The highest BCUT2D eigenvalue weighted by molar-refractivity contribution is 7.89. The fourth-order valence-corrected chi connectivity index (χ4v) is 3.67. The Morgan fingerprint density at radius 1 is 1.27 bits per heavy atom. The maximum atomic E-state index is 11.7. The zero-order valence-electron chi connectivity index (χ0n) is 10.4. The van der Waals surface area contributed by atoms with Crippen LogP contribution in [0.4, 0.5) is 0 Å². The Labute approximate surface area is 93.9 Å². The molecule has 1 saturated heterocycles. The van der Waals surface area contributed by atoms with E-state index < -0.39 is 10.0 Å². The van der Waals surface area contributed by atoms with Crippen LogP contribution in [0.25, 0.3) is 0 Å². The van der Waals surface area contributed by atoms with Crippen LogP contribution in [-0.2, 0) is 10.0 Å². The highest BCUT2D eigenvalue weighted by Gasteiger charge is 2.40. The number of nitrogens with zero attached hydrogens (tertiary/aromatic N) is 1. The molecule has 1 fully saturated rings. The zero-order chi connectivity index (χ0) is 11.9. The third-order valence-electron chi connectivity index (χ3n) is 3.45. The predicted molar refractivity (Wildman–Crippen MR) is 63.1 cm³/mol. The van der Waals surface area contributed by atoms with E-state index in [-0.39, 0.29) is 11.2 Å². The first-order valence-electron chi connectivity index (χ1n) is 5.66. The summed E-state index contributed by atoms with van der Waals surface area (Å²) in [5.74, 6) is 1.15. The van der Waals surface area contributed by atoms with Crippen LogP contribution >= 0.6 is 0 Å². The van der Waals surface area contributed by atoms with E-state index in [0.717, 1.165) is 0 Å². The van der Waals surface area contributed by atoms with Crippen LogP contribution in [0, 0.1) is 17.3 Å². The molecule has 0 amide bonds. The van der Waals surface area contributed by atoms with Gasteiger partial charge in [-0.2, -0.15) is 0 Å². The minimum atomic E-state index is -2.99. The molecular weight excluding hydrogens is 210 g/mol. The minimum absolute atomic E-state index is 0.192. The smallest absolute Gasteiger partial charge is 0.212 e. The van der Waals surface area contributed by atoms with Crippen molar-refractivity contribution in [2.75, 3.05) is 18.8 Å². The van der Waals surface area contributed by atoms with Crippen LogP contribution < -0.4 is 0 Å². The molecule has 0 aromatic heterocycles. The first kappa shape index (κ1) is 13.0. The van der Waals surface area contributed by atoms with E-state index in [9.17, 15) is 8.42 Å². The average molecular weight is 233 g/mol. The summed E-state index contributed by atoms with van der Waals surface area (Å²) in [7, 11) is -2.99. The number of sulfonamides is 1. The lowest BCUT2D eigenvalue weighted by Crippen LogP contribution is -2.32. The molecule has 1 aliphatic heterocycles. The zero-order valence-corrected chi connectivity index (χ0v) is 11.3. The second kappa shape index (κ2) is 4.06. The quantitative estimate of drug-likeness (QED) is 0.731. The van der Waals surface area contributed by atoms with Gasteiger partial charge < -0.3 is 0 Å². The van der Waals surface area contributed by atoms with Crippen molar-refractivity contribution in [1.82, 2.24) is 4.31 Å². The summed E-state index contributed by atoms with van der Waals surface area (Å²) in [5, 5.41) is 0. The van der Waals surface area contributed by atoms with Crippen LogP contribution in [-0.4, -0.2) is 31.6 Å². The maximum absolute atomic E-state index is 11.7. The third-order valence-corrected chi connectivity index (χ3v) is 5.26. The lowest BCUT2D eigenvalue weighted by Gasteiger charge is -2.29. The van der Waals surface area contributed by atoms with E-state index in [1.165, 1.54) is 0 Å². The summed E-state index contributed by atoms with van der Waals surface area (Å²) >= 11 is 0. The minimum Gasteiger partial charge on any atom is -0.212 e. The molecule has 15 heavy (non-hydrogen) atoms. The van der Waals surface area contributed by atoms with Gasteiger partial charge in [-0.25, -0.2) is 12.7 Å². The topological polar surface area (TPSA) is 37.4 Å². The molecular formula is C11H23NO2S. The van der Waals surface area contributed by atoms with E-state index in [4.69, 9.17) is 0 Å². The molecule has 2 atom stereocenters. The molecule has 1 heterocycles. The fourth-order valence-electron chi connectivity index (χ4n) is 2.46. The normalized spacial score (nSPS) is 29.7. The van der Waals surface area contributed by atoms with Crippen molar-refractivity contribution in [3.8, 4) is 0 Å². The molecule has 0 aromatic carbocycles. The van der Waals surface area contributed by atoms with Gasteiger partial charge in [0.1, 0.15) is 0 Å². The van der Waals surface area contributed by atoms with Gasteiger partial charge in [-0.3, -0.25) is 0 Å². The van der Waals surface area contributed by atoms with Crippen molar-refractivity contribution < 1.29 is 8.42 Å². The van der Waals surface area contributed by atoms with Crippen molar-refractivity contribution in [3.63, 3.8) is 0 Å². The summed E-state index contributed by atoms with van der Waals surface area (Å²) in [6, 6.07) is 0. The molecule has 0 bridgehead atoms. The standard InChI is InChI=1S/C11H23NO2S/c1-6-15(13,14)12-7-9(2)10(8-12)11(3,4)5/h9-10H,6-8H2,1-5H3. The van der Waals surface area contributed by atoms with Gasteiger partial charge in [0.2, 0.25) is 10.0 Å². The van der Waals surface area contributed by atoms with Gasteiger partial charge in [0, 0.05) is 13.1 Å². The van der Waals surface area contributed by atoms with Crippen LogP contribution in [0.5, 0.6) is 0 Å². The second-order valence-electron chi connectivity index (χ2n) is 5.67. The molecule has 3 nitrogen and oxygen atoms in total. The number of hydrogen-bond donors (Lipinski definition) is 0. The van der Waals surface area contributed by atoms with Gasteiger partial charge in [0.15, 0.2) is 0 Å². The molecule has 2 unspecified atom stereocenters. The van der Waals surface area contributed by atoms with Crippen LogP contribution in [0.3, 0.4) is 0 Å². The lowest BCUT2D eigenvalue weighted by atomic mass is 9.76. The van der Waals surface area contributed by atoms with Gasteiger partial charge >= 0.3 is 0 Å². The Morgan fingerprint density at radius 2 is 1.80 bits per heavy atom. The predicted octanol–water partition coefficient (Wildman–Crippen LogP) is 1.95. The SMILES string of the molecule is CCS(=O)(=O)N1CC(C)C(C(C)(C)C)C1. The Kier molecular flexibility index (Phi) is 3.51. The molecule has 0 aliphatic carbocycles. The molecule has 1 rings (SSSR count). The van der Waals surface area contributed by atoms with E-state index in [2.05, 4.69) is 27.7 Å². The Bertz CT molecular complexity index is 316. The highest BCUT2D eigenvalue weighted by atomic mass is 32.2. The second-order valence-corrected chi connectivity index (χ2v) is 7.92. The molecule has 0 aromatic rings. The van der Waals surface area contributed by atoms with E-state index in [0.29, 0.717) is 24.9 Å². The van der Waals surface area contributed by atoms with Gasteiger partial charge in [-0.05, 0) is 24.2 Å². The summed E-state index contributed by atoms with van der Waals surface area (Å²) in [4.78, 5) is 0. The lowest BCUT2D eigenvalue weighted by molar-refractivity contribution is 0.210. The Balaban J connectivity index is 2.81. The van der Waals surface area contributed by atoms with Crippen molar-refractivity contribution in [1.29, 1.82) is 0 Å². The van der Waals surface area contributed by atoms with Crippen LogP contribution in [0.15, 0.2) is 0 Å². The summed E-state index contributed by atoms with van der Waals surface area (Å²) in [6.07, 6.45) is 0. The van der Waals surface area contributed by atoms with Crippen molar-refractivity contribution >= 4 is 10.0 Å². The van der Waals surface area contributed by atoms with Gasteiger partial charge in [-0.15, -0.1) is 0 Å². The molecule has 1 aliphatic rings. The van der Waals surface area contributed by atoms with Crippen LogP contribution in [0.1, 0.15) is 34.6 Å². The summed E-state index contributed by atoms with van der Waals surface area (Å²) < 4.78 is 25.2. The van der Waals surface area contributed by atoms with Gasteiger partial charge in [-0.1, -0.05) is 27.7 Å². The highest BCUT2D eigenvalue weighted by Crippen LogP contribution is 2.38. The van der Waals surface area contributed by atoms with Gasteiger partial charge in [0.25, 0.3) is 0 Å². The maximum Gasteiger partial charge on any atom is 0.213 e. The fraction of sp³-hybridized carbons (Fsp3) is 1.00. The van der Waals surface area contributed by atoms with Crippen LogP contribution in [0.2, 0.25) is 0 Å². The first-order valence-corrected chi connectivity index (χ1v) is 7.27. The molecule has 0 radical (unpaired) electrons. The molecule has 0 spiro atoms. The van der Waals surface area contributed by atoms with Crippen molar-refractivity contribution in [3.05, 3.63) is 0 Å². The van der Waals surface area contributed by atoms with Crippen molar-refractivity contribution in [2.45, 2.75) is 34.6 Å². The Morgan fingerprint density at radius 3 is 2.13 bits per heavy atom. The summed E-state index contributed by atoms with van der Waals surface area (Å²) in [5.41, 5.74) is 0.192. The van der Waals surface area contributed by atoms with E-state index in [1.807, 2.05) is 0 Å². The first-order chi connectivity index (χ1) is 6.68. The largest absolute Gasteiger partial charge is 0.213 e. The molecule has 0 saturated carbocycles. The molecule has 4 heteroatoms. The Hall–Kier alpha value is -0.0900. The average Bonchev–Trinajstić information content (AvgIpc) is 2.47. The molecule has 90 valence electrons. The van der Waals surface area contributed by atoms with E-state index >= 15 is 0 Å². The van der Waals surface area contributed by atoms with Gasteiger partial charge in [0.05, 0.1) is 5.75 Å². The van der Waals surface area contributed by atoms with Crippen molar-refractivity contribution in [2.24, 2.45) is 17.3 Å². The molecule has 0 N–H and O–H groups in total. The summed E-state index contributed by atoms with van der Waals surface area (Å²) in [6.45, 7) is 11.8. The van der Waals surface area contributed by atoms with E-state index in [1.54, 1.807) is 11.2 Å². The third kappa shape index (κ3) is 2.72. The number of rotatable bonds is 2.